The Kier molecular flexibility index (Phi) is 7.51. The lowest BCUT2D eigenvalue weighted by molar-refractivity contribution is 0.398. The molecule has 0 aliphatic heterocycles. The van der Waals surface area contributed by atoms with Crippen LogP contribution in [0, 0.1) is 0 Å². The van der Waals surface area contributed by atoms with Crippen molar-refractivity contribution in [3.63, 3.8) is 0 Å². The average Bonchev–Trinajstić information content (AvgIpc) is 2.50. The number of thioether (sulfide) groups is 1. The summed E-state index contributed by atoms with van der Waals surface area (Å²) in [6.07, 6.45) is 1.96. The van der Waals surface area contributed by atoms with E-state index in [2.05, 4.69) is 5.32 Å². The lowest BCUT2D eigenvalue weighted by Gasteiger charge is -2.19. The van der Waals surface area contributed by atoms with Gasteiger partial charge in [-0.25, -0.2) is 8.42 Å². The third-order valence-electron chi connectivity index (χ3n) is 3.11. The molecule has 21 heavy (non-hydrogen) atoms. The average molecular weight is 332 g/mol. The van der Waals surface area contributed by atoms with Crippen molar-refractivity contribution in [1.29, 1.82) is 0 Å². The van der Waals surface area contributed by atoms with Crippen LogP contribution in [0.1, 0.15) is 12.5 Å². The van der Waals surface area contributed by atoms with Gasteiger partial charge in [0.2, 0.25) is 10.0 Å². The van der Waals surface area contributed by atoms with Gasteiger partial charge in [-0.3, -0.25) is 0 Å². The van der Waals surface area contributed by atoms with E-state index in [-0.39, 0.29) is 4.90 Å². The summed E-state index contributed by atoms with van der Waals surface area (Å²) >= 11 is 1.62. The zero-order valence-corrected chi connectivity index (χ0v) is 14.7. The third-order valence-corrected chi connectivity index (χ3v) is 5.57. The minimum absolute atomic E-state index is 0.226. The van der Waals surface area contributed by atoms with Crippen LogP contribution in [-0.4, -0.2) is 52.0 Å². The first-order valence-electron chi connectivity index (χ1n) is 6.80. The van der Waals surface area contributed by atoms with Crippen molar-refractivity contribution in [1.82, 2.24) is 9.62 Å². The van der Waals surface area contributed by atoms with Crippen molar-refractivity contribution in [2.75, 3.05) is 39.3 Å². The van der Waals surface area contributed by atoms with Crippen molar-refractivity contribution in [2.45, 2.75) is 18.4 Å². The number of methoxy groups -OCH3 is 1. The van der Waals surface area contributed by atoms with Gasteiger partial charge in [0, 0.05) is 25.9 Å². The van der Waals surface area contributed by atoms with Crippen molar-refractivity contribution in [2.24, 2.45) is 0 Å². The van der Waals surface area contributed by atoms with E-state index in [1.165, 1.54) is 11.4 Å². The standard InChI is InChI=1S/C14H24N2O3S2/c1-5-15-11-12-6-7-13(19-3)14(10-12)21(17,18)16(2)8-9-20-4/h6-7,10,15H,5,8-9,11H2,1-4H3. The molecule has 120 valence electrons. The maximum absolute atomic E-state index is 12.7. The van der Waals surface area contributed by atoms with Crippen LogP contribution in [0.3, 0.4) is 0 Å². The molecule has 0 bridgehead atoms. The van der Waals surface area contributed by atoms with Crippen molar-refractivity contribution < 1.29 is 13.2 Å². The van der Waals surface area contributed by atoms with Crippen LogP contribution in [0.4, 0.5) is 0 Å². The van der Waals surface area contributed by atoms with Crippen molar-refractivity contribution >= 4 is 21.8 Å². The first-order valence-corrected chi connectivity index (χ1v) is 9.63. The van der Waals surface area contributed by atoms with Gasteiger partial charge in [-0.05, 0) is 30.5 Å². The van der Waals surface area contributed by atoms with Gasteiger partial charge in [-0.1, -0.05) is 13.0 Å². The Morgan fingerprint density at radius 2 is 2.10 bits per heavy atom. The number of hydrogen-bond donors (Lipinski definition) is 1. The van der Waals surface area contributed by atoms with Gasteiger partial charge in [0.05, 0.1) is 7.11 Å². The first kappa shape index (κ1) is 18.3. The Bertz CT molecular complexity index is 547. The van der Waals surface area contributed by atoms with E-state index in [9.17, 15) is 8.42 Å². The summed E-state index contributed by atoms with van der Waals surface area (Å²) in [6, 6.07) is 5.27. The van der Waals surface area contributed by atoms with Crippen molar-refractivity contribution in [3.8, 4) is 5.75 Å². The normalized spacial score (nSPS) is 11.9. The Labute approximate surface area is 132 Å². The molecule has 1 aromatic rings. The molecule has 0 amide bonds. The van der Waals surface area contributed by atoms with Gasteiger partial charge < -0.3 is 10.1 Å². The molecule has 0 aromatic heterocycles. The predicted octanol–water partition coefficient (Wildman–Crippen LogP) is 1.79. The Morgan fingerprint density at radius 1 is 1.38 bits per heavy atom. The second-order valence-corrected chi connectivity index (χ2v) is 7.58. The number of nitrogens with zero attached hydrogens (tertiary/aromatic N) is 1. The summed E-state index contributed by atoms with van der Waals surface area (Å²) in [5, 5.41) is 3.19. The summed E-state index contributed by atoms with van der Waals surface area (Å²) in [5.74, 6) is 1.14. The largest absolute Gasteiger partial charge is 0.495 e. The molecule has 0 saturated heterocycles. The zero-order valence-electron chi connectivity index (χ0n) is 13.0. The predicted molar refractivity (Wildman–Crippen MR) is 88.6 cm³/mol. The summed E-state index contributed by atoms with van der Waals surface area (Å²) in [6.45, 7) is 3.96. The maximum Gasteiger partial charge on any atom is 0.246 e. The molecule has 5 nitrogen and oxygen atoms in total. The molecular weight excluding hydrogens is 308 g/mol. The van der Waals surface area contributed by atoms with Crippen LogP contribution in [-0.2, 0) is 16.6 Å². The molecule has 0 radical (unpaired) electrons. The molecular formula is C14H24N2O3S2. The molecule has 7 heteroatoms. The molecule has 1 N–H and O–H groups in total. The van der Waals surface area contributed by atoms with E-state index in [4.69, 9.17) is 4.74 Å². The summed E-state index contributed by atoms with van der Waals surface area (Å²) in [4.78, 5) is 0.226. The minimum atomic E-state index is -3.53. The molecule has 0 spiro atoms. The van der Waals surface area contributed by atoms with E-state index in [0.29, 0.717) is 18.8 Å². The Morgan fingerprint density at radius 3 is 2.67 bits per heavy atom. The van der Waals surface area contributed by atoms with E-state index >= 15 is 0 Å². The lowest BCUT2D eigenvalue weighted by Crippen LogP contribution is -2.29. The van der Waals surface area contributed by atoms with Crippen LogP contribution >= 0.6 is 11.8 Å². The van der Waals surface area contributed by atoms with Crippen molar-refractivity contribution in [3.05, 3.63) is 23.8 Å². The molecule has 0 unspecified atom stereocenters. The Balaban J connectivity index is 3.12. The highest BCUT2D eigenvalue weighted by Crippen LogP contribution is 2.27. The SMILES string of the molecule is CCNCc1ccc(OC)c(S(=O)(=O)N(C)CCSC)c1. The number of benzene rings is 1. The van der Waals surface area contributed by atoms with E-state index < -0.39 is 10.0 Å². The highest BCUT2D eigenvalue weighted by molar-refractivity contribution is 7.98. The third kappa shape index (κ3) is 4.88. The highest BCUT2D eigenvalue weighted by Gasteiger charge is 2.24. The van der Waals surface area contributed by atoms with Gasteiger partial charge in [0.1, 0.15) is 10.6 Å². The first-order chi connectivity index (χ1) is 9.97. The van der Waals surface area contributed by atoms with Crippen LogP contribution in [0.15, 0.2) is 23.1 Å². The van der Waals surface area contributed by atoms with E-state index in [0.717, 1.165) is 17.9 Å². The topological polar surface area (TPSA) is 58.6 Å². The van der Waals surface area contributed by atoms with Gasteiger partial charge in [-0.2, -0.15) is 16.1 Å². The zero-order chi connectivity index (χ0) is 15.9. The fourth-order valence-electron chi connectivity index (χ4n) is 1.81. The number of hydrogen-bond acceptors (Lipinski definition) is 5. The second-order valence-electron chi connectivity index (χ2n) is 4.58. The summed E-state index contributed by atoms with van der Waals surface area (Å²) in [5.41, 5.74) is 0.925. The molecule has 1 rings (SSSR count). The van der Waals surface area contributed by atoms with Gasteiger partial charge in [0.15, 0.2) is 0 Å². The van der Waals surface area contributed by atoms with E-state index in [1.807, 2.05) is 19.2 Å². The van der Waals surface area contributed by atoms with Crippen LogP contribution in [0.2, 0.25) is 0 Å². The van der Waals surface area contributed by atoms with Crippen LogP contribution in [0.25, 0.3) is 0 Å². The number of nitrogens with one attached hydrogen (secondary N) is 1. The molecule has 0 fully saturated rings. The number of sulfonamides is 1. The maximum atomic E-state index is 12.7. The second kappa shape index (κ2) is 8.63. The van der Waals surface area contributed by atoms with Gasteiger partial charge >= 0.3 is 0 Å². The van der Waals surface area contributed by atoms with Crippen LogP contribution in [0.5, 0.6) is 5.75 Å². The fourth-order valence-corrected chi connectivity index (χ4v) is 3.76. The highest BCUT2D eigenvalue weighted by atomic mass is 32.2. The quantitative estimate of drug-likeness (QED) is 0.747. The number of ether oxygens (including phenoxy) is 1. The summed E-state index contributed by atoms with van der Waals surface area (Å²) < 4.78 is 31.9. The van der Waals surface area contributed by atoms with Crippen LogP contribution < -0.4 is 10.1 Å². The lowest BCUT2D eigenvalue weighted by atomic mass is 10.2. The molecule has 0 heterocycles. The smallest absolute Gasteiger partial charge is 0.246 e. The molecule has 0 aliphatic rings. The molecule has 1 aromatic carbocycles. The van der Waals surface area contributed by atoms with E-state index in [1.54, 1.807) is 30.9 Å². The minimum Gasteiger partial charge on any atom is -0.495 e. The monoisotopic (exact) mass is 332 g/mol. The molecule has 0 atom stereocenters. The van der Waals surface area contributed by atoms with Gasteiger partial charge in [-0.15, -0.1) is 0 Å². The Hall–Kier alpha value is -0.760. The van der Waals surface area contributed by atoms with Gasteiger partial charge in [0.25, 0.3) is 0 Å². The number of rotatable bonds is 9. The molecule has 0 saturated carbocycles. The molecule has 0 aliphatic carbocycles. The fraction of sp³-hybridized carbons (Fsp3) is 0.571. The summed E-state index contributed by atoms with van der Waals surface area (Å²) in [7, 11) is -0.449.